The first-order chi connectivity index (χ1) is 15.1. The quantitative estimate of drug-likeness (QED) is 0.357. The molecule has 1 aliphatic heterocycles. The zero-order valence-corrected chi connectivity index (χ0v) is 17.1. The second kappa shape index (κ2) is 8.98. The van der Waals surface area contributed by atoms with Gasteiger partial charge >= 0.3 is 0 Å². The van der Waals surface area contributed by atoms with Gasteiger partial charge in [-0.1, -0.05) is 18.2 Å². The van der Waals surface area contributed by atoms with Gasteiger partial charge in [-0.15, -0.1) is 0 Å². The van der Waals surface area contributed by atoms with Crippen LogP contribution in [0.15, 0.2) is 53.3 Å². The van der Waals surface area contributed by atoms with Crippen LogP contribution < -0.4 is 10.9 Å². The zero-order valence-electron chi connectivity index (χ0n) is 17.1. The van der Waals surface area contributed by atoms with Crippen molar-refractivity contribution in [1.82, 2.24) is 9.47 Å². The number of pyridine rings is 1. The summed E-state index contributed by atoms with van der Waals surface area (Å²) >= 11 is 0. The maximum absolute atomic E-state index is 13.3. The van der Waals surface area contributed by atoms with Crippen molar-refractivity contribution in [2.24, 2.45) is 0 Å². The Morgan fingerprint density at radius 1 is 1.10 bits per heavy atom. The van der Waals surface area contributed by atoms with Crippen molar-refractivity contribution in [3.63, 3.8) is 0 Å². The summed E-state index contributed by atoms with van der Waals surface area (Å²) in [4.78, 5) is 26.2. The molecule has 1 fully saturated rings. The van der Waals surface area contributed by atoms with Crippen molar-refractivity contribution in [1.29, 1.82) is 5.26 Å². The number of nitro benzene ring substituents is 1. The molecule has 0 radical (unpaired) electrons. The number of nitro groups is 1. The van der Waals surface area contributed by atoms with Gasteiger partial charge in [0.05, 0.1) is 16.1 Å². The van der Waals surface area contributed by atoms with Gasteiger partial charge in [0.25, 0.3) is 11.2 Å². The molecule has 0 saturated carbocycles. The third-order valence-electron chi connectivity index (χ3n) is 5.66. The summed E-state index contributed by atoms with van der Waals surface area (Å²) < 4.78 is 1.44. The molecule has 1 aliphatic rings. The molecule has 2 aromatic carbocycles. The van der Waals surface area contributed by atoms with Crippen molar-refractivity contribution < 1.29 is 4.92 Å². The van der Waals surface area contributed by atoms with Crippen LogP contribution in [0.5, 0.6) is 0 Å². The van der Waals surface area contributed by atoms with Crippen LogP contribution in [0.3, 0.4) is 0 Å². The number of aromatic nitrogens is 1. The molecular formula is C23H23N5O3. The summed E-state index contributed by atoms with van der Waals surface area (Å²) in [6, 6.07) is 15.2. The molecule has 0 unspecified atom stereocenters. The smallest absolute Gasteiger partial charge is 0.275 e. The van der Waals surface area contributed by atoms with E-state index < -0.39 is 10.5 Å². The third kappa shape index (κ3) is 4.13. The number of hydrogen-bond donors (Lipinski definition) is 1. The third-order valence-corrected chi connectivity index (χ3v) is 5.66. The second-order valence-corrected chi connectivity index (χ2v) is 7.62. The maximum Gasteiger partial charge on any atom is 0.275 e. The molecule has 1 aromatic heterocycles. The van der Waals surface area contributed by atoms with E-state index in [9.17, 15) is 20.2 Å². The molecule has 8 heteroatoms. The van der Waals surface area contributed by atoms with Gasteiger partial charge < -0.3 is 10.2 Å². The van der Waals surface area contributed by atoms with Crippen LogP contribution in [0.4, 0.5) is 11.4 Å². The predicted molar refractivity (Wildman–Crippen MR) is 120 cm³/mol. The average molecular weight is 417 g/mol. The number of nitrogens with one attached hydrogen (secondary N) is 1. The molecule has 4 rings (SSSR count). The Morgan fingerprint density at radius 2 is 1.81 bits per heavy atom. The first kappa shape index (κ1) is 20.6. The van der Waals surface area contributed by atoms with Crippen molar-refractivity contribution in [3.8, 4) is 11.8 Å². The number of anilines is 1. The lowest BCUT2D eigenvalue weighted by atomic mass is 10.1. The Hall–Kier alpha value is -3.70. The highest BCUT2D eigenvalue weighted by Gasteiger charge is 2.18. The van der Waals surface area contributed by atoms with Crippen LogP contribution in [0.25, 0.3) is 16.6 Å². The second-order valence-electron chi connectivity index (χ2n) is 7.62. The van der Waals surface area contributed by atoms with Crippen LogP contribution >= 0.6 is 0 Å². The fourth-order valence-electron chi connectivity index (χ4n) is 4.13. The predicted octanol–water partition coefficient (Wildman–Crippen LogP) is 3.67. The Morgan fingerprint density at radius 3 is 2.48 bits per heavy atom. The SMILES string of the molecule is N#Cc1c(NCCCN2CCCC2)c2ccccc2n(-c2ccc([N+](=O)[O-])cc2)c1=O. The molecular weight excluding hydrogens is 394 g/mol. The van der Waals surface area contributed by atoms with Crippen LogP contribution in [0, 0.1) is 21.4 Å². The van der Waals surface area contributed by atoms with E-state index in [0.717, 1.165) is 31.4 Å². The van der Waals surface area contributed by atoms with Gasteiger partial charge in [-0.3, -0.25) is 19.5 Å². The molecule has 1 N–H and O–H groups in total. The minimum Gasteiger partial charge on any atom is -0.383 e. The van der Waals surface area contributed by atoms with Gasteiger partial charge in [0.2, 0.25) is 0 Å². The number of rotatable bonds is 7. The molecule has 0 bridgehead atoms. The minimum atomic E-state index is -0.486. The summed E-state index contributed by atoms with van der Waals surface area (Å²) in [5.74, 6) is 0. The Balaban J connectivity index is 1.71. The highest BCUT2D eigenvalue weighted by Crippen LogP contribution is 2.27. The van der Waals surface area contributed by atoms with E-state index in [0.29, 0.717) is 23.4 Å². The molecule has 31 heavy (non-hydrogen) atoms. The molecule has 2 heterocycles. The number of benzene rings is 2. The monoisotopic (exact) mass is 417 g/mol. The van der Waals surface area contributed by atoms with Gasteiger partial charge in [-0.2, -0.15) is 5.26 Å². The normalized spacial score (nSPS) is 13.9. The summed E-state index contributed by atoms with van der Waals surface area (Å²) in [6.45, 7) is 3.93. The highest BCUT2D eigenvalue weighted by atomic mass is 16.6. The lowest BCUT2D eigenvalue weighted by Crippen LogP contribution is -2.25. The van der Waals surface area contributed by atoms with E-state index >= 15 is 0 Å². The first-order valence-corrected chi connectivity index (χ1v) is 10.4. The topological polar surface area (TPSA) is 104 Å². The minimum absolute atomic E-state index is 0.0400. The summed E-state index contributed by atoms with van der Waals surface area (Å²) in [5.41, 5.74) is 1.20. The molecule has 0 amide bonds. The molecule has 3 aromatic rings. The number of nitriles is 1. The van der Waals surface area contributed by atoms with E-state index in [-0.39, 0.29) is 11.3 Å². The van der Waals surface area contributed by atoms with Gasteiger partial charge in [0, 0.05) is 29.8 Å². The Bertz CT molecular complexity index is 1200. The Kier molecular flexibility index (Phi) is 5.96. The van der Waals surface area contributed by atoms with Gasteiger partial charge in [-0.05, 0) is 57.1 Å². The van der Waals surface area contributed by atoms with Crippen LogP contribution in [0.2, 0.25) is 0 Å². The van der Waals surface area contributed by atoms with Crippen molar-refractivity contribution >= 4 is 22.3 Å². The zero-order chi connectivity index (χ0) is 21.8. The van der Waals surface area contributed by atoms with Crippen LogP contribution in [-0.2, 0) is 0 Å². The summed E-state index contributed by atoms with van der Waals surface area (Å²) in [6.07, 6.45) is 3.42. The number of hydrogen-bond acceptors (Lipinski definition) is 6. The number of non-ortho nitro benzene ring substituents is 1. The molecule has 0 aliphatic carbocycles. The van der Waals surface area contributed by atoms with Crippen LogP contribution in [0.1, 0.15) is 24.8 Å². The molecule has 8 nitrogen and oxygen atoms in total. The van der Waals surface area contributed by atoms with Gasteiger partial charge in [0.15, 0.2) is 0 Å². The fourth-order valence-corrected chi connectivity index (χ4v) is 4.13. The maximum atomic E-state index is 13.3. The van der Waals surface area contributed by atoms with Gasteiger partial charge in [-0.25, -0.2) is 0 Å². The number of likely N-dealkylation sites (tertiary alicyclic amines) is 1. The van der Waals surface area contributed by atoms with Crippen molar-refractivity contribution in [2.45, 2.75) is 19.3 Å². The van der Waals surface area contributed by atoms with E-state index in [4.69, 9.17) is 0 Å². The molecule has 158 valence electrons. The first-order valence-electron chi connectivity index (χ1n) is 10.4. The van der Waals surface area contributed by atoms with Crippen LogP contribution in [-0.4, -0.2) is 40.6 Å². The molecule has 0 atom stereocenters. The number of fused-ring (bicyclic) bond motifs is 1. The van der Waals surface area contributed by atoms with Gasteiger partial charge in [0.1, 0.15) is 11.6 Å². The number of para-hydroxylation sites is 1. The average Bonchev–Trinajstić information content (AvgIpc) is 3.30. The summed E-state index contributed by atoms with van der Waals surface area (Å²) in [7, 11) is 0. The highest BCUT2D eigenvalue weighted by molar-refractivity contribution is 5.95. The fraction of sp³-hybridized carbons (Fsp3) is 0.304. The van der Waals surface area contributed by atoms with E-state index in [1.54, 1.807) is 0 Å². The number of nitrogens with zero attached hydrogens (tertiary/aromatic N) is 4. The lowest BCUT2D eigenvalue weighted by Gasteiger charge is -2.18. The molecule has 0 spiro atoms. The van der Waals surface area contributed by atoms with E-state index in [2.05, 4.69) is 16.3 Å². The molecule has 1 saturated heterocycles. The Labute approximate surface area is 179 Å². The summed E-state index contributed by atoms with van der Waals surface area (Å²) in [5, 5.41) is 24.8. The largest absolute Gasteiger partial charge is 0.383 e. The van der Waals surface area contributed by atoms with Crippen molar-refractivity contribution in [3.05, 3.63) is 74.6 Å². The van der Waals surface area contributed by atoms with E-state index in [1.165, 1.54) is 41.7 Å². The van der Waals surface area contributed by atoms with E-state index in [1.807, 2.05) is 24.3 Å². The lowest BCUT2D eigenvalue weighted by molar-refractivity contribution is -0.384. The van der Waals surface area contributed by atoms with Crippen molar-refractivity contribution in [2.75, 3.05) is 31.5 Å². The standard InChI is InChI=1S/C23H23N5O3/c24-16-20-22(25-12-5-15-26-13-3-4-14-26)19-6-1-2-7-21(19)27(23(20)29)17-8-10-18(11-9-17)28(30)31/h1-2,6-11,25H,3-5,12-15H2.